The van der Waals surface area contributed by atoms with Crippen LogP contribution < -0.4 is 4.72 Å². The summed E-state index contributed by atoms with van der Waals surface area (Å²) >= 11 is 0. The second-order valence-electron chi connectivity index (χ2n) is 2.48. The molecule has 3 nitrogen and oxygen atoms in total. The summed E-state index contributed by atoms with van der Waals surface area (Å²) in [5.41, 5.74) is 0. The Kier molecular flexibility index (Phi) is 2.43. The highest BCUT2D eigenvalue weighted by Crippen LogP contribution is 2.27. The molecular weight excluding hydrogens is 176 g/mol. The van der Waals surface area contributed by atoms with Gasteiger partial charge in [-0.1, -0.05) is 0 Å². The molecule has 1 rings (SSSR count). The summed E-state index contributed by atoms with van der Waals surface area (Å²) in [6, 6.07) is 0. The van der Waals surface area contributed by atoms with Gasteiger partial charge in [-0.2, -0.15) is 0 Å². The smallest absolute Gasteiger partial charge is 0.212 e. The predicted molar refractivity (Wildman–Crippen MR) is 35.9 cm³/mol. The molecule has 0 unspecified atom stereocenters. The lowest BCUT2D eigenvalue weighted by Gasteiger charge is -2.02. The largest absolute Gasteiger partial charge is 0.251 e. The van der Waals surface area contributed by atoms with Crippen molar-refractivity contribution < 1.29 is 17.2 Å². The van der Waals surface area contributed by atoms with Gasteiger partial charge in [-0.05, 0) is 12.8 Å². The number of nitrogens with one attached hydrogen (secondary N) is 1. The summed E-state index contributed by atoms with van der Waals surface area (Å²) in [6.07, 6.45) is -1.42. The minimum absolute atomic E-state index is 0.416. The maximum Gasteiger partial charge on any atom is 0.251 e. The van der Waals surface area contributed by atoms with Crippen LogP contribution in [0.4, 0.5) is 8.78 Å². The Morgan fingerprint density at radius 3 is 2.36 bits per heavy atom. The summed E-state index contributed by atoms with van der Waals surface area (Å²) in [7, 11) is -3.41. The number of hydrogen-bond donors (Lipinski definition) is 1. The number of rotatable bonds is 4. The Labute approximate surface area is 63.8 Å². The van der Waals surface area contributed by atoms with E-state index < -0.39 is 28.2 Å². The maximum atomic E-state index is 11.5. The van der Waals surface area contributed by atoms with E-state index in [4.69, 9.17) is 0 Å². The molecule has 1 saturated carbocycles. The van der Waals surface area contributed by atoms with Crippen LogP contribution in [0.5, 0.6) is 0 Å². The average molecular weight is 185 g/mol. The predicted octanol–water partition coefficient (Wildman–Crippen LogP) is 0.333. The Hall–Kier alpha value is -0.230. The second-order valence-corrected chi connectivity index (χ2v) is 4.53. The molecule has 1 aliphatic rings. The van der Waals surface area contributed by atoms with Crippen molar-refractivity contribution in [3.8, 4) is 0 Å². The molecule has 1 fully saturated rings. The van der Waals surface area contributed by atoms with Crippen molar-refractivity contribution in [1.82, 2.24) is 4.72 Å². The molecule has 6 heteroatoms. The van der Waals surface area contributed by atoms with Gasteiger partial charge in [-0.15, -0.1) is 0 Å². The molecule has 0 aromatic heterocycles. The third-order valence-electron chi connectivity index (χ3n) is 1.40. The van der Waals surface area contributed by atoms with Gasteiger partial charge >= 0.3 is 0 Å². The quantitative estimate of drug-likeness (QED) is 0.686. The monoisotopic (exact) mass is 185 g/mol. The number of halogens is 2. The van der Waals surface area contributed by atoms with E-state index in [9.17, 15) is 17.2 Å². The highest BCUT2D eigenvalue weighted by atomic mass is 32.2. The third kappa shape index (κ3) is 2.70. The van der Waals surface area contributed by atoms with Crippen LogP contribution in [0.1, 0.15) is 12.8 Å². The van der Waals surface area contributed by atoms with Crippen LogP contribution in [0.2, 0.25) is 0 Å². The minimum atomic E-state index is -3.41. The fraction of sp³-hybridized carbons (Fsp3) is 1.00. The lowest BCUT2D eigenvalue weighted by Crippen LogP contribution is -2.31. The fourth-order valence-corrected chi connectivity index (χ4v) is 2.03. The van der Waals surface area contributed by atoms with Crippen LogP contribution in [0.3, 0.4) is 0 Å². The standard InChI is InChI=1S/C5H9F2NO2S/c6-5(7)3-8-11(9,10)4-1-2-4/h4-5,8H,1-3H2. The average Bonchev–Trinajstić information content (AvgIpc) is 2.64. The van der Waals surface area contributed by atoms with Gasteiger partial charge in [0.1, 0.15) is 0 Å². The molecule has 0 saturated heterocycles. The lowest BCUT2D eigenvalue weighted by atomic mass is 10.7. The van der Waals surface area contributed by atoms with Gasteiger partial charge in [0, 0.05) is 0 Å². The number of sulfonamides is 1. The molecule has 0 aromatic rings. The van der Waals surface area contributed by atoms with E-state index >= 15 is 0 Å². The van der Waals surface area contributed by atoms with Crippen molar-refractivity contribution in [1.29, 1.82) is 0 Å². The van der Waals surface area contributed by atoms with Crippen molar-refractivity contribution in [3.05, 3.63) is 0 Å². The zero-order chi connectivity index (χ0) is 8.48. The summed E-state index contributed by atoms with van der Waals surface area (Å²) in [5, 5.41) is -0.416. The first-order valence-electron chi connectivity index (χ1n) is 3.29. The fourth-order valence-electron chi connectivity index (χ4n) is 0.675. The normalized spacial score (nSPS) is 19.2. The van der Waals surface area contributed by atoms with Crippen LogP contribution in [0, 0.1) is 0 Å². The molecule has 0 radical (unpaired) electrons. The maximum absolute atomic E-state index is 11.5. The van der Waals surface area contributed by atoms with Crippen molar-refractivity contribution in [3.63, 3.8) is 0 Å². The van der Waals surface area contributed by atoms with Crippen LogP contribution in [0.25, 0.3) is 0 Å². The van der Waals surface area contributed by atoms with E-state index in [0.717, 1.165) is 0 Å². The molecule has 11 heavy (non-hydrogen) atoms. The van der Waals surface area contributed by atoms with Crippen molar-refractivity contribution in [2.75, 3.05) is 6.54 Å². The number of hydrogen-bond acceptors (Lipinski definition) is 2. The molecule has 0 atom stereocenters. The van der Waals surface area contributed by atoms with E-state index in [0.29, 0.717) is 12.8 Å². The van der Waals surface area contributed by atoms with Gasteiger partial charge in [0.15, 0.2) is 0 Å². The zero-order valence-electron chi connectivity index (χ0n) is 5.76. The van der Waals surface area contributed by atoms with Gasteiger partial charge in [-0.25, -0.2) is 21.9 Å². The van der Waals surface area contributed by atoms with Crippen molar-refractivity contribution in [2.45, 2.75) is 24.5 Å². The highest BCUT2D eigenvalue weighted by molar-refractivity contribution is 7.90. The summed E-state index contributed by atoms with van der Waals surface area (Å²) in [4.78, 5) is 0. The Morgan fingerprint density at radius 1 is 1.45 bits per heavy atom. The van der Waals surface area contributed by atoms with Gasteiger partial charge in [0.25, 0.3) is 6.43 Å². The molecule has 0 aromatic carbocycles. The highest BCUT2D eigenvalue weighted by Gasteiger charge is 2.35. The van der Waals surface area contributed by atoms with E-state index in [1.165, 1.54) is 0 Å². The topological polar surface area (TPSA) is 46.2 Å². The molecule has 0 amide bonds. The molecule has 1 aliphatic carbocycles. The molecular formula is C5H9F2NO2S. The van der Waals surface area contributed by atoms with E-state index in [1.807, 2.05) is 4.72 Å². The number of alkyl halides is 2. The molecule has 0 bridgehead atoms. The molecule has 0 heterocycles. The SMILES string of the molecule is O=S(=O)(NCC(F)F)C1CC1. The lowest BCUT2D eigenvalue weighted by molar-refractivity contribution is 0.153. The van der Waals surface area contributed by atoms with Gasteiger partial charge in [-0.3, -0.25) is 0 Å². The first kappa shape index (κ1) is 8.86. The van der Waals surface area contributed by atoms with Gasteiger partial charge < -0.3 is 0 Å². The third-order valence-corrected chi connectivity index (χ3v) is 3.32. The van der Waals surface area contributed by atoms with Crippen molar-refractivity contribution >= 4 is 10.0 Å². The molecule has 0 aliphatic heterocycles. The zero-order valence-corrected chi connectivity index (χ0v) is 6.57. The summed E-state index contributed by atoms with van der Waals surface area (Å²) in [5.74, 6) is 0. The molecule has 66 valence electrons. The Morgan fingerprint density at radius 2 is 2.00 bits per heavy atom. The van der Waals surface area contributed by atoms with Crippen LogP contribution in [-0.4, -0.2) is 26.6 Å². The van der Waals surface area contributed by atoms with Crippen LogP contribution in [0.15, 0.2) is 0 Å². The van der Waals surface area contributed by atoms with Crippen molar-refractivity contribution in [2.24, 2.45) is 0 Å². The van der Waals surface area contributed by atoms with Crippen LogP contribution in [-0.2, 0) is 10.0 Å². The summed E-state index contributed by atoms with van der Waals surface area (Å²) in [6.45, 7) is -0.765. The van der Waals surface area contributed by atoms with E-state index in [1.54, 1.807) is 0 Å². The Balaban J connectivity index is 2.35. The second kappa shape index (κ2) is 3.02. The minimum Gasteiger partial charge on any atom is -0.212 e. The van der Waals surface area contributed by atoms with Gasteiger partial charge in [0.2, 0.25) is 10.0 Å². The van der Waals surface area contributed by atoms with Crippen LogP contribution >= 0.6 is 0 Å². The Bertz CT molecular complexity index is 223. The van der Waals surface area contributed by atoms with Gasteiger partial charge in [0.05, 0.1) is 11.8 Å². The molecule has 1 N–H and O–H groups in total. The first-order valence-corrected chi connectivity index (χ1v) is 4.83. The summed E-state index contributed by atoms with van der Waals surface area (Å²) < 4.78 is 46.6. The first-order chi connectivity index (χ1) is 5.02. The van der Waals surface area contributed by atoms with E-state index in [-0.39, 0.29) is 0 Å². The van der Waals surface area contributed by atoms with E-state index in [2.05, 4.69) is 0 Å². The molecule has 0 spiro atoms.